The van der Waals surface area contributed by atoms with E-state index in [9.17, 15) is 0 Å². The molecule has 0 heterocycles. The Hall–Kier alpha value is -0.980. The third-order valence-electron chi connectivity index (χ3n) is 2.31. The van der Waals surface area contributed by atoms with Crippen molar-refractivity contribution in [1.29, 1.82) is 0 Å². The van der Waals surface area contributed by atoms with Crippen molar-refractivity contribution in [3.63, 3.8) is 0 Å². The van der Waals surface area contributed by atoms with Crippen LogP contribution < -0.4 is 10.1 Å². The predicted octanol–water partition coefficient (Wildman–Crippen LogP) is 3.74. The van der Waals surface area contributed by atoms with Crippen molar-refractivity contribution in [2.75, 3.05) is 6.61 Å². The summed E-state index contributed by atoms with van der Waals surface area (Å²) in [5.41, 5.74) is 1.29. The Balaban J connectivity index is 2.70. The van der Waals surface area contributed by atoms with Crippen molar-refractivity contribution in [2.24, 2.45) is 0 Å². The summed E-state index contributed by atoms with van der Waals surface area (Å²) in [5.74, 6) is 6.55. The van der Waals surface area contributed by atoms with Crippen molar-refractivity contribution < 1.29 is 4.74 Å². The van der Waals surface area contributed by atoms with E-state index in [1.807, 2.05) is 25.1 Å². The van der Waals surface area contributed by atoms with Crippen LogP contribution in [0.25, 0.3) is 0 Å². The van der Waals surface area contributed by atoms with Crippen LogP contribution in [0.4, 0.5) is 0 Å². The first-order chi connectivity index (χ1) is 8.42. The first-order valence-corrected chi connectivity index (χ1v) is 6.77. The summed E-state index contributed by atoms with van der Waals surface area (Å²) < 4.78 is 6.64. The van der Waals surface area contributed by atoms with E-state index in [1.165, 1.54) is 5.56 Å². The molecule has 0 atom stereocenters. The number of halogens is 1. The van der Waals surface area contributed by atoms with E-state index in [0.717, 1.165) is 16.8 Å². The summed E-state index contributed by atoms with van der Waals surface area (Å²) in [4.78, 5) is 0. The molecule has 1 aromatic rings. The second kappa shape index (κ2) is 6.82. The zero-order valence-corrected chi connectivity index (χ0v) is 13.0. The predicted molar refractivity (Wildman–Crippen MR) is 79.7 cm³/mol. The van der Waals surface area contributed by atoms with Crippen molar-refractivity contribution in [3.05, 3.63) is 28.2 Å². The van der Waals surface area contributed by atoms with Gasteiger partial charge in [0.2, 0.25) is 0 Å². The fourth-order valence-electron chi connectivity index (χ4n) is 1.33. The van der Waals surface area contributed by atoms with Crippen LogP contribution in [-0.2, 0) is 6.54 Å². The number of hydrogen-bond acceptors (Lipinski definition) is 2. The SMILES string of the molecule is CC#CCOc1ccc(Br)c(CNC(C)(C)C)c1. The standard InChI is InChI=1S/C15H20BrNO/c1-5-6-9-18-13-7-8-14(16)12(10-13)11-17-15(2,3)4/h7-8,10,17H,9,11H2,1-4H3. The van der Waals surface area contributed by atoms with Crippen LogP contribution >= 0.6 is 15.9 Å². The van der Waals surface area contributed by atoms with Crippen molar-refractivity contribution in [3.8, 4) is 17.6 Å². The Morgan fingerprint density at radius 3 is 2.67 bits per heavy atom. The second-order valence-corrected chi connectivity index (χ2v) is 5.93. The lowest BCUT2D eigenvalue weighted by atomic mass is 10.1. The number of benzene rings is 1. The minimum absolute atomic E-state index is 0.101. The van der Waals surface area contributed by atoms with Gasteiger partial charge in [0.15, 0.2) is 0 Å². The molecule has 0 saturated heterocycles. The van der Waals surface area contributed by atoms with Crippen LogP contribution in [0.5, 0.6) is 5.75 Å². The third-order valence-corrected chi connectivity index (χ3v) is 3.09. The Morgan fingerprint density at radius 1 is 1.33 bits per heavy atom. The lowest BCUT2D eigenvalue weighted by Gasteiger charge is -2.21. The van der Waals surface area contributed by atoms with Crippen molar-refractivity contribution >= 4 is 15.9 Å². The van der Waals surface area contributed by atoms with E-state index < -0.39 is 0 Å². The summed E-state index contributed by atoms with van der Waals surface area (Å²) >= 11 is 3.56. The monoisotopic (exact) mass is 309 g/mol. The maximum Gasteiger partial charge on any atom is 0.149 e. The summed E-state index contributed by atoms with van der Waals surface area (Å²) in [5, 5.41) is 3.46. The molecule has 1 N–H and O–H groups in total. The molecule has 0 saturated carbocycles. The first-order valence-electron chi connectivity index (χ1n) is 5.98. The van der Waals surface area contributed by atoms with Crippen LogP contribution in [-0.4, -0.2) is 12.1 Å². The van der Waals surface area contributed by atoms with E-state index in [-0.39, 0.29) is 5.54 Å². The number of ether oxygens (including phenoxy) is 1. The molecular weight excluding hydrogens is 290 g/mol. The Bertz CT molecular complexity index is 452. The van der Waals surface area contributed by atoms with E-state index in [0.29, 0.717) is 6.61 Å². The highest BCUT2D eigenvalue weighted by Gasteiger charge is 2.10. The lowest BCUT2D eigenvalue weighted by Crippen LogP contribution is -2.35. The van der Waals surface area contributed by atoms with Crippen molar-refractivity contribution in [2.45, 2.75) is 39.8 Å². The molecule has 0 unspecified atom stereocenters. The van der Waals surface area contributed by atoms with Gasteiger partial charge in [0, 0.05) is 16.6 Å². The number of nitrogens with one attached hydrogen (secondary N) is 1. The molecule has 0 fully saturated rings. The molecule has 0 aromatic heterocycles. The van der Waals surface area contributed by atoms with Gasteiger partial charge in [-0.1, -0.05) is 21.9 Å². The highest BCUT2D eigenvalue weighted by molar-refractivity contribution is 9.10. The molecule has 0 radical (unpaired) electrons. The Kier molecular flexibility index (Phi) is 5.71. The molecule has 2 nitrogen and oxygen atoms in total. The zero-order valence-electron chi connectivity index (χ0n) is 11.4. The highest BCUT2D eigenvalue weighted by atomic mass is 79.9. The maximum absolute atomic E-state index is 5.55. The van der Waals surface area contributed by atoms with Gasteiger partial charge in [-0.2, -0.15) is 0 Å². The van der Waals surface area contributed by atoms with Gasteiger partial charge in [-0.25, -0.2) is 0 Å². The maximum atomic E-state index is 5.55. The van der Waals surface area contributed by atoms with E-state index in [1.54, 1.807) is 0 Å². The molecule has 1 aromatic carbocycles. The topological polar surface area (TPSA) is 21.3 Å². The second-order valence-electron chi connectivity index (χ2n) is 5.07. The normalized spacial score (nSPS) is 10.7. The highest BCUT2D eigenvalue weighted by Crippen LogP contribution is 2.23. The van der Waals surface area contributed by atoms with E-state index in [4.69, 9.17) is 4.74 Å². The molecule has 0 aliphatic rings. The van der Waals surface area contributed by atoms with E-state index >= 15 is 0 Å². The molecule has 0 aliphatic heterocycles. The molecule has 1 rings (SSSR count). The zero-order chi connectivity index (χ0) is 13.6. The van der Waals surface area contributed by atoms with Crippen LogP contribution in [0.1, 0.15) is 33.3 Å². The third kappa shape index (κ3) is 5.57. The minimum atomic E-state index is 0.101. The van der Waals surface area contributed by atoms with Crippen LogP contribution in [0.15, 0.2) is 22.7 Å². The van der Waals surface area contributed by atoms with Crippen LogP contribution in [0.3, 0.4) is 0 Å². The molecule has 0 aliphatic carbocycles. The van der Waals surface area contributed by atoms with Crippen LogP contribution in [0, 0.1) is 11.8 Å². The molecular formula is C15H20BrNO. The molecule has 0 bridgehead atoms. The number of hydrogen-bond donors (Lipinski definition) is 1. The Labute approximate surface area is 118 Å². The van der Waals surface area contributed by atoms with Crippen molar-refractivity contribution in [1.82, 2.24) is 5.32 Å². The average molecular weight is 310 g/mol. The van der Waals surface area contributed by atoms with Gasteiger partial charge in [-0.3, -0.25) is 0 Å². The molecule has 3 heteroatoms. The van der Waals surface area contributed by atoms with Gasteiger partial charge in [-0.05, 0) is 51.5 Å². The average Bonchev–Trinajstić information content (AvgIpc) is 2.29. The van der Waals surface area contributed by atoms with Crippen LogP contribution in [0.2, 0.25) is 0 Å². The number of rotatable bonds is 4. The first kappa shape index (κ1) is 15.1. The quantitative estimate of drug-likeness (QED) is 0.856. The van der Waals surface area contributed by atoms with E-state index in [2.05, 4.69) is 53.9 Å². The fourth-order valence-corrected chi connectivity index (χ4v) is 1.72. The molecule has 0 amide bonds. The summed E-state index contributed by atoms with van der Waals surface area (Å²) in [7, 11) is 0. The summed E-state index contributed by atoms with van der Waals surface area (Å²) in [6, 6.07) is 6.00. The van der Waals surface area contributed by atoms with Gasteiger partial charge in [-0.15, -0.1) is 5.92 Å². The van der Waals surface area contributed by atoms with Gasteiger partial charge < -0.3 is 10.1 Å². The Morgan fingerprint density at radius 2 is 2.06 bits per heavy atom. The van der Waals surface area contributed by atoms with Gasteiger partial charge in [0.1, 0.15) is 12.4 Å². The van der Waals surface area contributed by atoms with Gasteiger partial charge >= 0.3 is 0 Å². The molecule has 0 spiro atoms. The summed E-state index contributed by atoms with van der Waals surface area (Å²) in [6.07, 6.45) is 0. The largest absolute Gasteiger partial charge is 0.481 e. The molecule has 98 valence electrons. The lowest BCUT2D eigenvalue weighted by molar-refractivity contribution is 0.368. The van der Waals surface area contributed by atoms with Gasteiger partial charge in [0.25, 0.3) is 0 Å². The minimum Gasteiger partial charge on any atom is -0.481 e. The summed E-state index contributed by atoms with van der Waals surface area (Å²) in [6.45, 7) is 9.50. The fraction of sp³-hybridized carbons (Fsp3) is 0.467. The molecule has 18 heavy (non-hydrogen) atoms. The van der Waals surface area contributed by atoms with Gasteiger partial charge in [0.05, 0.1) is 0 Å². The smallest absolute Gasteiger partial charge is 0.149 e.